The summed E-state index contributed by atoms with van der Waals surface area (Å²) in [5, 5.41) is 16.7. The lowest BCUT2D eigenvalue weighted by Gasteiger charge is -2.21. The second kappa shape index (κ2) is 16.1. The van der Waals surface area contributed by atoms with E-state index in [1.807, 2.05) is 36.6 Å². The molecule has 0 bridgehead atoms. The average molecular weight is 482 g/mol. The van der Waals surface area contributed by atoms with Gasteiger partial charge in [-0.15, -0.1) is 0 Å². The van der Waals surface area contributed by atoms with Crippen molar-refractivity contribution >= 4 is 35.5 Å². The molecule has 0 radical (unpaired) electrons. The SMILES string of the molecule is CSCCC(NC(=O)CNC(=O)C(CCCCN)NC(=O)C(N)Cc1ccccc1)C(=O)O. The van der Waals surface area contributed by atoms with Crippen molar-refractivity contribution in [2.24, 2.45) is 11.5 Å². The summed E-state index contributed by atoms with van der Waals surface area (Å²) in [5.74, 6) is -2.20. The van der Waals surface area contributed by atoms with Crippen molar-refractivity contribution in [1.29, 1.82) is 0 Å². The highest BCUT2D eigenvalue weighted by atomic mass is 32.2. The molecule has 0 aromatic heterocycles. The smallest absolute Gasteiger partial charge is 0.326 e. The Morgan fingerprint density at radius 1 is 1.00 bits per heavy atom. The second-order valence-corrected chi connectivity index (χ2v) is 8.59. The minimum atomic E-state index is -1.14. The van der Waals surface area contributed by atoms with Crippen LogP contribution in [0.3, 0.4) is 0 Å². The summed E-state index contributed by atoms with van der Waals surface area (Å²) in [6.07, 6.45) is 4.04. The lowest BCUT2D eigenvalue weighted by atomic mass is 10.0. The Labute approximate surface area is 198 Å². The number of thioether (sulfide) groups is 1. The molecule has 0 fully saturated rings. The molecule has 0 aliphatic carbocycles. The summed E-state index contributed by atoms with van der Waals surface area (Å²) in [5.41, 5.74) is 12.4. The fourth-order valence-electron chi connectivity index (χ4n) is 3.03. The van der Waals surface area contributed by atoms with E-state index in [4.69, 9.17) is 11.5 Å². The van der Waals surface area contributed by atoms with Gasteiger partial charge in [-0.25, -0.2) is 4.79 Å². The average Bonchev–Trinajstić information content (AvgIpc) is 2.79. The molecule has 0 saturated heterocycles. The molecule has 33 heavy (non-hydrogen) atoms. The Hall–Kier alpha value is -2.63. The van der Waals surface area contributed by atoms with E-state index in [1.165, 1.54) is 11.8 Å². The van der Waals surface area contributed by atoms with Crippen LogP contribution < -0.4 is 27.4 Å². The van der Waals surface area contributed by atoms with Gasteiger partial charge < -0.3 is 32.5 Å². The fourth-order valence-corrected chi connectivity index (χ4v) is 3.50. The highest BCUT2D eigenvalue weighted by Gasteiger charge is 2.25. The molecule has 1 aromatic carbocycles. The molecule has 11 heteroatoms. The Bertz CT molecular complexity index is 765. The summed E-state index contributed by atoms with van der Waals surface area (Å²) in [4.78, 5) is 48.6. The number of aliphatic carboxylic acids is 1. The molecule has 3 unspecified atom stereocenters. The van der Waals surface area contributed by atoms with Crippen LogP contribution in [0.5, 0.6) is 0 Å². The molecule has 1 rings (SSSR count). The first-order chi connectivity index (χ1) is 15.8. The molecule has 10 nitrogen and oxygen atoms in total. The van der Waals surface area contributed by atoms with Crippen molar-refractivity contribution in [3.05, 3.63) is 35.9 Å². The Morgan fingerprint density at radius 3 is 2.30 bits per heavy atom. The number of nitrogens with two attached hydrogens (primary N) is 2. The number of hydrogen-bond acceptors (Lipinski definition) is 7. The van der Waals surface area contributed by atoms with E-state index < -0.39 is 48.4 Å². The van der Waals surface area contributed by atoms with Gasteiger partial charge in [0.1, 0.15) is 12.1 Å². The van der Waals surface area contributed by atoms with E-state index in [1.54, 1.807) is 0 Å². The van der Waals surface area contributed by atoms with Crippen molar-refractivity contribution < 1.29 is 24.3 Å². The lowest BCUT2D eigenvalue weighted by molar-refractivity contribution is -0.141. The third-order valence-electron chi connectivity index (χ3n) is 4.88. The van der Waals surface area contributed by atoms with Gasteiger partial charge in [-0.05, 0) is 56.2 Å². The van der Waals surface area contributed by atoms with E-state index in [9.17, 15) is 24.3 Å². The van der Waals surface area contributed by atoms with E-state index in [2.05, 4.69) is 16.0 Å². The van der Waals surface area contributed by atoms with E-state index in [0.29, 0.717) is 38.0 Å². The normalized spacial score (nSPS) is 13.4. The lowest BCUT2D eigenvalue weighted by Crippen LogP contribution is -2.53. The Kier molecular flexibility index (Phi) is 13.8. The number of unbranched alkanes of at least 4 members (excludes halogenated alkanes) is 1. The van der Waals surface area contributed by atoms with Gasteiger partial charge in [0, 0.05) is 0 Å². The number of benzene rings is 1. The van der Waals surface area contributed by atoms with Gasteiger partial charge in [-0.3, -0.25) is 14.4 Å². The molecule has 0 saturated carbocycles. The first kappa shape index (κ1) is 28.4. The first-order valence-electron chi connectivity index (χ1n) is 10.9. The van der Waals surface area contributed by atoms with Crippen LogP contribution in [-0.2, 0) is 25.6 Å². The molecule has 0 aliphatic rings. The molecular formula is C22H35N5O5S. The number of hydrogen-bond donors (Lipinski definition) is 6. The molecule has 184 valence electrons. The van der Waals surface area contributed by atoms with Crippen LogP contribution in [-0.4, -0.2) is 72.0 Å². The molecule has 0 aliphatic heterocycles. The van der Waals surface area contributed by atoms with Gasteiger partial charge in [-0.2, -0.15) is 11.8 Å². The van der Waals surface area contributed by atoms with Gasteiger partial charge in [-0.1, -0.05) is 30.3 Å². The Morgan fingerprint density at radius 2 is 1.70 bits per heavy atom. The van der Waals surface area contributed by atoms with Gasteiger partial charge in [0.15, 0.2) is 0 Å². The van der Waals surface area contributed by atoms with Crippen LogP contribution in [0.15, 0.2) is 30.3 Å². The maximum Gasteiger partial charge on any atom is 0.326 e. The van der Waals surface area contributed by atoms with Crippen molar-refractivity contribution in [2.75, 3.05) is 25.1 Å². The molecule has 0 heterocycles. The predicted molar refractivity (Wildman–Crippen MR) is 129 cm³/mol. The second-order valence-electron chi connectivity index (χ2n) is 7.60. The number of carbonyl (C=O) groups is 4. The Balaban J connectivity index is 2.65. The van der Waals surface area contributed by atoms with Crippen molar-refractivity contribution in [3.8, 4) is 0 Å². The van der Waals surface area contributed by atoms with Crippen LogP contribution in [0, 0.1) is 0 Å². The minimum Gasteiger partial charge on any atom is -0.480 e. The number of amides is 3. The maximum absolute atomic E-state index is 12.7. The zero-order chi connectivity index (χ0) is 24.6. The van der Waals surface area contributed by atoms with Gasteiger partial charge in [0.05, 0.1) is 12.6 Å². The summed E-state index contributed by atoms with van der Waals surface area (Å²) in [7, 11) is 0. The van der Waals surface area contributed by atoms with Crippen molar-refractivity contribution in [3.63, 3.8) is 0 Å². The van der Waals surface area contributed by atoms with Crippen molar-refractivity contribution in [2.45, 2.75) is 50.2 Å². The van der Waals surface area contributed by atoms with Gasteiger partial charge >= 0.3 is 5.97 Å². The zero-order valence-electron chi connectivity index (χ0n) is 18.9. The van der Waals surface area contributed by atoms with Crippen LogP contribution in [0.25, 0.3) is 0 Å². The first-order valence-corrected chi connectivity index (χ1v) is 12.3. The third kappa shape index (κ3) is 11.7. The fraction of sp³-hybridized carbons (Fsp3) is 0.545. The zero-order valence-corrected chi connectivity index (χ0v) is 19.7. The predicted octanol–water partition coefficient (Wildman–Crippen LogP) is -0.391. The van der Waals surface area contributed by atoms with Crippen LogP contribution in [0.1, 0.15) is 31.2 Å². The van der Waals surface area contributed by atoms with Gasteiger partial charge in [0.2, 0.25) is 17.7 Å². The van der Waals surface area contributed by atoms with Crippen LogP contribution >= 0.6 is 11.8 Å². The van der Waals surface area contributed by atoms with E-state index in [-0.39, 0.29) is 6.42 Å². The van der Waals surface area contributed by atoms with E-state index in [0.717, 1.165) is 5.56 Å². The third-order valence-corrected chi connectivity index (χ3v) is 5.53. The summed E-state index contributed by atoms with van der Waals surface area (Å²) in [6.45, 7) is 0.0477. The van der Waals surface area contributed by atoms with Crippen molar-refractivity contribution in [1.82, 2.24) is 16.0 Å². The van der Waals surface area contributed by atoms with Crippen LogP contribution in [0.2, 0.25) is 0 Å². The molecule has 0 spiro atoms. The summed E-state index contributed by atoms with van der Waals surface area (Å²) < 4.78 is 0. The quantitative estimate of drug-likeness (QED) is 0.173. The maximum atomic E-state index is 12.7. The largest absolute Gasteiger partial charge is 0.480 e. The van der Waals surface area contributed by atoms with Crippen LogP contribution in [0.4, 0.5) is 0 Å². The molecular weight excluding hydrogens is 446 g/mol. The highest BCUT2D eigenvalue weighted by Crippen LogP contribution is 2.05. The van der Waals surface area contributed by atoms with Gasteiger partial charge in [0.25, 0.3) is 0 Å². The summed E-state index contributed by atoms with van der Waals surface area (Å²) in [6, 6.07) is 6.54. The number of nitrogens with one attached hydrogen (secondary N) is 3. The number of carboxylic acid groups (broad SMARTS) is 1. The summed E-state index contributed by atoms with van der Waals surface area (Å²) >= 11 is 1.47. The topological polar surface area (TPSA) is 177 Å². The highest BCUT2D eigenvalue weighted by molar-refractivity contribution is 7.98. The molecule has 8 N–H and O–H groups in total. The minimum absolute atomic E-state index is 0.271. The number of carboxylic acids is 1. The molecule has 3 amide bonds. The molecule has 1 aromatic rings. The molecule has 3 atom stereocenters. The monoisotopic (exact) mass is 481 g/mol. The number of rotatable bonds is 16. The number of carbonyl (C=O) groups excluding carboxylic acids is 3. The van der Waals surface area contributed by atoms with E-state index >= 15 is 0 Å². The standard InChI is InChI=1S/C22H35N5O5S/c1-33-12-10-18(22(31)32)26-19(28)14-25-21(30)17(9-5-6-11-23)27-20(29)16(24)13-15-7-3-2-4-8-15/h2-4,7-8,16-18H,5-6,9-14,23-24H2,1H3,(H,25,30)(H,26,28)(H,27,29)(H,31,32).